The molecule has 7 nitrogen and oxygen atoms in total. The number of carbonyl (C=O) groups is 1. The van der Waals surface area contributed by atoms with E-state index in [1.165, 1.54) is 0 Å². The van der Waals surface area contributed by atoms with Crippen LogP contribution in [-0.2, 0) is 21.7 Å². The summed E-state index contributed by atoms with van der Waals surface area (Å²) in [5.74, 6) is 0. The van der Waals surface area contributed by atoms with Gasteiger partial charge in [0.1, 0.15) is 22.9 Å². The standard InChI is InChI=1S/C28H39BrN4O3SSi/c1-27(2,3)36-26(34)32-28(13-8-14-28)20-11-9-19(10-12-20)24-22(29)23-25(31-21(37-4)17-30-23)33(24)18-35-15-16-38(5,6)7/h9-12,17H,8,13-16,18H2,1-7H3,(H,32,34). The van der Waals surface area contributed by atoms with Crippen LogP contribution in [0.3, 0.4) is 0 Å². The van der Waals surface area contributed by atoms with Crippen LogP contribution in [0.15, 0.2) is 40.0 Å². The van der Waals surface area contributed by atoms with Crippen LogP contribution in [0.1, 0.15) is 45.6 Å². The van der Waals surface area contributed by atoms with Gasteiger partial charge in [0.2, 0.25) is 0 Å². The fraction of sp³-hybridized carbons (Fsp3) is 0.536. The molecule has 206 valence electrons. The van der Waals surface area contributed by atoms with Gasteiger partial charge in [-0.25, -0.2) is 14.8 Å². The highest BCUT2D eigenvalue weighted by Crippen LogP contribution is 2.43. The summed E-state index contributed by atoms with van der Waals surface area (Å²) in [5.41, 5.74) is 3.81. The van der Waals surface area contributed by atoms with Gasteiger partial charge in [0.15, 0.2) is 5.65 Å². The van der Waals surface area contributed by atoms with E-state index in [0.29, 0.717) is 6.73 Å². The molecule has 3 aromatic rings. The Bertz CT molecular complexity index is 1290. The van der Waals surface area contributed by atoms with Crippen LogP contribution in [0.5, 0.6) is 0 Å². The smallest absolute Gasteiger partial charge is 0.408 e. The Kier molecular flexibility index (Phi) is 8.66. The number of nitrogens with one attached hydrogen (secondary N) is 1. The van der Waals surface area contributed by atoms with E-state index in [4.69, 9.17) is 19.4 Å². The summed E-state index contributed by atoms with van der Waals surface area (Å²) in [6.07, 6.45) is 6.30. The minimum Gasteiger partial charge on any atom is -0.444 e. The second-order valence-corrected chi connectivity index (χ2v) is 19.4. The van der Waals surface area contributed by atoms with Crippen molar-refractivity contribution in [3.05, 3.63) is 40.5 Å². The third-order valence-corrected chi connectivity index (χ3v) is 9.83. The normalized spacial score (nSPS) is 15.4. The zero-order chi connectivity index (χ0) is 27.7. The average Bonchev–Trinajstić information content (AvgIpc) is 3.08. The zero-order valence-electron chi connectivity index (χ0n) is 23.5. The molecule has 38 heavy (non-hydrogen) atoms. The highest BCUT2D eigenvalue weighted by atomic mass is 79.9. The number of benzene rings is 1. The quantitative estimate of drug-likeness (QED) is 0.150. The molecular weight excluding hydrogens is 580 g/mol. The summed E-state index contributed by atoms with van der Waals surface area (Å²) in [7, 11) is -1.20. The Morgan fingerprint density at radius 2 is 1.89 bits per heavy atom. The number of halogens is 1. The molecule has 4 rings (SSSR count). The number of hydrogen-bond donors (Lipinski definition) is 1. The van der Waals surface area contributed by atoms with Gasteiger partial charge in [-0.2, -0.15) is 0 Å². The van der Waals surface area contributed by atoms with Crippen molar-refractivity contribution in [2.45, 2.75) is 88.6 Å². The van der Waals surface area contributed by atoms with Gasteiger partial charge in [0.25, 0.3) is 0 Å². The second-order valence-electron chi connectivity index (χ2n) is 12.2. The summed E-state index contributed by atoms with van der Waals surface area (Å²) < 4.78 is 14.7. The average molecular weight is 620 g/mol. The number of alkyl carbamates (subject to hydrolysis) is 1. The number of carbonyl (C=O) groups excluding carboxylic acids is 1. The molecule has 2 heterocycles. The molecule has 0 unspecified atom stereocenters. The van der Waals surface area contributed by atoms with Crippen LogP contribution in [0.2, 0.25) is 25.7 Å². The largest absolute Gasteiger partial charge is 0.444 e. The van der Waals surface area contributed by atoms with Gasteiger partial charge >= 0.3 is 6.09 Å². The maximum atomic E-state index is 12.6. The lowest BCUT2D eigenvalue weighted by Gasteiger charge is -2.43. The lowest BCUT2D eigenvalue weighted by molar-refractivity contribution is 0.0377. The summed E-state index contributed by atoms with van der Waals surface area (Å²) in [6, 6.07) is 9.55. The first kappa shape index (κ1) is 29.1. The molecule has 1 N–H and O–H groups in total. The first-order chi connectivity index (χ1) is 17.8. The first-order valence-electron chi connectivity index (χ1n) is 13.1. The molecule has 0 aliphatic heterocycles. The molecule has 0 spiro atoms. The molecule has 0 radical (unpaired) electrons. The van der Waals surface area contributed by atoms with Crippen molar-refractivity contribution in [3.63, 3.8) is 0 Å². The van der Waals surface area contributed by atoms with Crippen molar-refractivity contribution in [3.8, 4) is 11.3 Å². The van der Waals surface area contributed by atoms with Gasteiger partial charge in [-0.05, 0) is 79.4 Å². The highest BCUT2D eigenvalue weighted by Gasteiger charge is 2.41. The van der Waals surface area contributed by atoms with Crippen LogP contribution in [0.25, 0.3) is 22.4 Å². The lowest BCUT2D eigenvalue weighted by Crippen LogP contribution is -2.52. The second kappa shape index (κ2) is 11.3. The molecule has 1 fully saturated rings. The Morgan fingerprint density at radius 1 is 1.21 bits per heavy atom. The number of ether oxygens (including phenoxy) is 2. The number of amides is 1. The fourth-order valence-electron chi connectivity index (χ4n) is 4.55. The molecule has 0 saturated heterocycles. The van der Waals surface area contributed by atoms with Crippen molar-refractivity contribution in [1.82, 2.24) is 19.9 Å². The van der Waals surface area contributed by atoms with E-state index < -0.39 is 13.7 Å². The number of fused-ring (bicyclic) bond motifs is 1. The topological polar surface area (TPSA) is 78.3 Å². The third-order valence-electron chi connectivity index (χ3n) is 6.76. The van der Waals surface area contributed by atoms with Crippen LogP contribution in [-0.4, -0.2) is 47.2 Å². The molecule has 0 bridgehead atoms. The molecule has 2 aromatic heterocycles. The lowest BCUT2D eigenvalue weighted by atomic mass is 9.72. The molecule has 1 amide bonds. The molecule has 1 aromatic carbocycles. The summed E-state index contributed by atoms with van der Waals surface area (Å²) >= 11 is 5.39. The van der Waals surface area contributed by atoms with Gasteiger partial charge in [0, 0.05) is 14.7 Å². The number of nitrogens with zero attached hydrogens (tertiary/aromatic N) is 3. The predicted molar refractivity (Wildman–Crippen MR) is 161 cm³/mol. The number of rotatable bonds is 9. The van der Waals surface area contributed by atoms with E-state index >= 15 is 0 Å². The van der Waals surface area contributed by atoms with E-state index in [1.54, 1.807) is 11.8 Å². The SMILES string of the molecule is CSc1cnc2c(Br)c(-c3ccc(C4(NC(=O)OC(C)(C)C)CCC4)cc3)n(COCC[Si](C)(C)C)c2n1. The maximum absolute atomic E-state index is 12.6. The van der Waals surface area contributed by atoms with Crippen molar-refractivity contribution in [2.24, 2.45) is 0 Å². The molecule has 1 saturated carbocycles. The van der Waals surface area contributed by atoms with Crippen LogP contribution < -0.4 is 5.32 Å². The Morgan fingerprint density at radius 3 is 2.45 bits per heavy atom. The van der Waals surface area contributed by atoms with Gasteiger partial charge in [-0.1, -0.05) is 43.9 Å². The Balaban J connectivity index is 1.65. The third kappa shape index (κ3) is 6.63. The number of aromatic nitrogens is 3. The molecule has 1 aliphatic carbocycles. The van der Waals surface area contributed by atoms with E-state index in [-0.39, 0.29) is 11.6 Å². The fourth-order valence-corrected chi connectivity index (χ4v) is 6.36. The van der Waals surface area contributed by atoms with E-state index in [9.17, 15) is 4.79 Å². The summed E-state index contributed by atoms with van der Waals surface area (Å²) in [4.78, 5) is 22.2. The van der Waals surface area contributed by atoms with Crippen molar-refractivity contribution < 1.29 is 14.3 Å². The molecular formula is C28H39BrN4O3SSi. The van der Waals surface area contributed by atoms with Gasteiger partial charge in [-0.3, -0.25) is 4.57 Å². The van der Waals surface area contributed by atoms with Crippen LogP contribution in [0.4, 0.5) is 4.79 Å². The predicted octanol–water partition coefficient (Wildman–Crippen LogP) is 7.80. The van der Waals surface area contributed by atoms with E-state index in [0.717, 1.165) is 69.4 Å². The maximum Gasteiger partial charge on any atom is 0.408 e. The monoisotopic (exact) mass is 618 g/mol. The minimum absolute atomic E-state index is 0.374. The van der Waals surface area contributed by atoms with Crippen molar-refractivity contribution in [2.75, 3.05) is 12.9 Å². The van der Waals surface area contributed by atoms with E-state index in [1.807, 2.05) is 33.2 Å². The van der Waals surface area contributed by atoms with Crippen molar-refractivity contribution in [1.29, 1.82) is 0 Å². The zero-order valence-corrected chi connectivity index (χ0v) is 26.9. The Labute approximate surface area is 239 Å². The number of hydrogen-bond acceptors (Lipinski definition) is 6. The molecule has 1 aliphatic rings. The van der Waals surface area contributed by atoms with Gasteiger partial charge in [0.05, 0.1) is 21.9 Å². The molecule has 10 heteroatoms. The summed E-state index contributed by atoms with van der Waals surface area (Å²) in [6.45, 7) is 13.8. The van der Waals surface area contributed by atoms with E-state index in [2.05, 4.69) is 69.7 Å². The molecule has 0 atom stereocenters. The van der Waals surface area contributed by atoms with Crippen LogP contribution >= 0.6 is 27.7 Å². The Hall–Kier alpha value is -1.88. The minimum atomic E-state index is -1.20. The van der Waals surface area contributed by atoms with Crippen molar-refractivity contribution >= 4 is 53.0 Å². The van der Waals surface area contributed by atoms with Crippen LogP contribution in [0, 0.1) is 0 Å². The van der Waals surface area contributed by atoms with Gasteiger partial charge < -0.3 is 14.8 Å². The van der Waals surface area contributed by atoms with Gasteiger partial charge in [-0.15, -0.1) is 11.8 Å². The number of thioether (sulfide) groups is 1. The highest BCUT2D eigenvalue weighted by molar-refractivity contribution is 9.10. The summed E-state index contributed by atoms with van der Waals surface area (Å²) in [5, 5.41) is 4.02. The first-order valence-corrected chi connectivity index (χ1v) is 18.8.